The van der Waals surface area contributed by atoms with Gasteiger partial charge in [-0.05, 0) is 40.8 Å². The van der Waals surface area contributed by atoms with E-state index in [-0.39, 0.29) is 17.9 Å². The molecule has 0 amide bonds. The van der Waals surface area contributed by atoms with E-state index in [9.17, 15) is 20.4 Å². The molecule has 2 aliphatic heterocycles. The molecule has 2 aromatic rings. The van der Waals surface area contributed by atoms with Crippen LogP contribution in [0.1, 0.15) is 49.0 Å². The molecule has 186 valence electrons. The number of benzene rings is 2. The Bertz CT molecular complexity index is 943. The zero-order valence-corrected chi connectivity index (χ0v) is 20.1. The van der Waals surface area contributed by atoms with Gasteiger partial charge in [0, 0.05) is 17.4 Å². The quantitative estimate of drug-likeness (QED) is 0.470. The van der Waals surface area contributed by atoms with Crippen LogP contribution in [0.15, 0.2) is 42.5 Å². The Morgan fingerprint density at radius 3 is 2.38 bits per heavy atom. The van der Waals surface area contributed by atoms with Gasteiger partial charge in [0.05, 0.1) is 19.8 Å². The number of rotatable bonds is 7. The van der Waals surface area contributed by atoms with Crippen molar-refractivity contribution in [1.82, 2.24) is 0 Å². The number of ether oxygens (including phenoxy) is 3. The van der Waals surface area contributed by atoms with Gasteiger partial charge in [0.25, 0.3) is 0 Å². The summed E-state index contributed by atoms with van der Waals surface area (Å²) in [5.74, 6) is 0.960. The molecule has 8 heteroatoms. The minimum atomic E-state index is -1.44. The highest BCUT2D eigenvalue weighted by Crippen LogP contribution is 2.40. The molecule has 0 aliphatic carbocycles. The van der Waals surface area contributed by atoms with Crippen molar-refractivity contribution >= 4 is 11.6 Å². The summed E-state index contributed by atoms with van der Waals surface area (Å²) >= 11 is 6.64. The third-order valence-corrected chi connectivity index (χ3v) is 7.02. The number of hydrogen-bond donors (Lipinski definition) is 4. The van der Waals surface area contributed by atoms with Gasteiger partial charge in [-0.15, -0.1) is 0 Å². The van der Waals surface area contributed by atoms with Gasteiger partial charge in [0.1, 0.15) is 42.4 Å². The van der Waals surface area contributed by atoms with Crippen LogP contribution in [0.25, 0.3) is 0 Å². The maximum atomic E-state index is 10.6. The standard InChI is InChI=1S/C26H33ClO7/c1-14(2)22(15-3-6-17(7-4-15)33-18-9-10-32-13-18)19-11-16(5-8-20(19)27)26-25(31)24(30)23(29)21(12-28)34-26/h3-8,11,14,18,21-26,28-31H,9-10,12-13H2,1-2H3/t18-,21+,22?,23+,24-,25+,26-/m0/s1. The summed E-state index contributed by atoms with van der Waals surface area (Å²) < 4.78 is 17.1. The summed E-state index contributed by atoms with van der Waals surface area (Å²) in [7, 11) is 0. The lowest BCUT2D eigenvalue weighted by molar-refractivity contribution is -0.231. The van der Waals surface area contributed by atoms with Crippen LogP contribution in [-0.4, -0.2) is 70.8 Å². The minimum absolute atomic E-state index is 0.0406. The molecule has 2 saturated heterocycles. The molecular formula is C26H33ClO7. The van der Waals surface area contributed by atoms with Crippen molar-refractivity contribution in [1.29, 1.82) is 0 Å². The Kier molecular flexibility index (Phi) is 8.15. The zero-order valence-electron chi connectivity index (χ0n) is 19.4. The van der Waals surface area contributed by atoms with Crippen molar-refractivity contribution < 1.29 is 34.6 Å². The SMILES string of the molecule is CC(C)C(c1ccc(O[C@H]2CCOC2)cc1)c1cc([C@@H]2O[C@H](CO)[C@@H](O)[C@H](O)[C@H]2O)ccc1Cl. The van der Waals surface area contributed by atoms with Crippen molar-refractivity contribution in [3.63, 3.8) is 0 Å². The van der Waals surface area contributed by atoms with E-state index < -0.39 is 37.1 Å². The lowest BCUT2D eigenvalue weighted by atomic mass is 9.81. The number of hydrogen-bond acceptors (Lipinski definition) is 7. The van der Waals surface area contributed by atoms with Crippen LogP contribution >= 0.6 is 11.6 Å². The van der Waals surface area contributed by atoms with Crippen molar-refractivity contribution in [2.75, 3.05) is 19.8 Å². The monoisotopic (exact) mass is 492 g/mol. The molecular weight excluding hydrogens is 460 g/mol. The molecule has 4 rings (SSSR count). The molecule has 7 atom stereocenters. The summed E-state index contributed by atoms with van der Waals surface area (Å²) in [6.07, 6.45) is -5.10. The van der Waals surface area contributed by atoms with Crippen LogP contribution in [0.2, 0.25) is 5.02 Å². The average Bonchev–Trinajstić information content (AvgIpc) is 3.33. The summed E-state index contributed by atoms with van der Waals surface area (Å²) in [6.45, 7) is 5.08. The Morgan fingerprint density at radius 1 is 1.03 bits per heavy atom. The molecule has 2 fully saturated rings. The average molecular weight is 493 g/mol. The highest BCUT2D eigenvalue weighted by atomic mass is 35.5. The first-order valence-electron chi connectivity index (χ1n) is 11.7. The number of aliphatic hydroxyl groups is 4. The topological polar surface area (TPSA) is 109 Å². The van der Waals surface area contributed by atoms with E-state index in [0.717, 1.165) is 29.9 Å². The first kappa shape index (κ1) is 25.4. The molecule has 0 radical (unpaired) electrons. The third kappa shape index (κ3) is 5.26. The Balaban J connectivity index is 1.62. The molecule has 0 spiro atoms. The second-order valence-corrected chi connectivity index (χ2v) is 9.83. The molecule has 0 aromatic heterocycles. The van der Waals surface area contributed by atoms with E-state index in [0.29, 0.717) is 17.2 Å². The van der Waals surface area contributed by atoms with E-state index in [1.54, 1.807) is 12.1 Å². The van der Waals surface area contributed by atoms with Gasteiger partial charge in [0.15, 0.2) is 0 Å². The highest BCUT2D eigenvalue weighted by molar-refractivity contribution is 6.31. The summed E-state index contributed by atoms with van der Waals surface area (Å²) in [5, 5.41) is 41.0. The second-order valence-electron chi connectivity index (χ2n) is 9.42. The van der Waals surface area contributed by atoms with Crippen LogP contribution in [0.5, 0.6) is 5.75 Å². The molecule has 2 aromatic carbocycles. The van der Waals surface area contributed by atoms with E-state index in [2.05, 4.69) is 13.8 Å². The van der Waals surface area contributed by atoms with Crippen LogP contribution in [0.4, 0.5) is 0 Å². The van der Waals surface area contributed by atoms with Crippen LogP contribution in [0.3, 0.4) is 0 Å². The normalized spacial score (nSPS) is 30.5. The molecule has 2 aliphatic rings. The Labute approximate surface area is 204 Å². The van der Waals surface area contributed by atoms with E-state index >= 15 is 0 Å². The van der Waals surface area contributed by atoms with Gasteiger partial charge in [0.2, 0.25) is 0 Å². The Morgan fingerprint density at radius 2 is 1.76 bits per heavy atom. The third-order valence-electron chi connectivity index (χ3n) is 6.67. The van der Waals surface area contributed by atoms with Crippen molar-refractivity contribution in [3.8, 4) is 5.75 Å². The number of aliphatic hydroxyl groups excluding tert-OH is 4. The molecule has 34 heavy (non-hydrogen) atoms. The smallest absolute Gasteiger partial charge is 0.124 e. The molecule has 1 unspecified atom stereocenters. The lowest BCUT2D eigenvalue weighted by Crippen LogP contribution is -2.55. The summed E-state index contributed by atoms with van der Waals surface area (Å²) in [6, 6.07) is 13.3. The van der Waals surface area contributed by atoms with Crippen molar-refractivity contribution in [2.24, 2.45) is 5.92 Å². The van der Waals surface area contributed by atoms with E-state index in [4.69, 9.17) is 25.8 Å². The first-order valence-corrected chi connectivity index (χ1v) is 12.1. The lowest BCUT2D eigenvalue weighted by Gasteiger charge is -2.40. The highest BCUT2D eigenvalue weighted by Gasteiger charge is 2.44. The molecule has 4 N–H and O–H groups in total. The fourth-order valence-electron chi connectivity index (χ4n) is 4.83. The van der Waals surface area contributed by atoms with Crippen LogP contribution in [-0.2, 0) is 9.47 Å². The Hall–Kier alpha value is -1.71. The van der Waals surface area contributed by atoms with Crippen LogP contribution in [0, 0.1) is 5.92 Å². The molecule has 0 saturated carbocycles. The van der Waals surface area contributed by atoms with E-state index in [1.807, 2.05) is 30.3 Å². The van der Waals surface area contributed by atoms with Crippen molar-refractivity contribution in [3.05, 3.63) is 64.2 Å². The fourth-order valence-corrected chi connectivity index (χ4v) is 5.07. The van der Waals surface area contributed by atoms with Gasteiger partial charge in [-0.2, -0.15) is 0 Å². The second kappa shape index (κ2) is 10.9. The predicted octanol–water partition coefficient (Wildman–Crippen LogP) is 2.81. The molecule has 7 nitrogen and oxygen atoms in total. The molecule has 2 heterocycles. The fraction of sp³-hybridized carbons (Fsp3) is 0.538. The first-order chi connectivity index (χ1) is 16.3. The van der Waals surface area contributed by atoms with Gasteiger partial charge < -0.3 is 34.6 Å². The van der Waals surface area contributed by atoms with Crippen molar-refractivity contribution in [2.45, 2.75) is 62.8 Å². The maximum Gasteiger partial charge on any atom is 0.124 e. The predicted molar refractivity (Wildman–Crippen MR) is 127 cm³/mol. The molecule has 0 bridgehead atoms. The van der Waals surface area contributed by atoms with Gasteiger partial charge >= 0.3 is 0 Å². The van der Waals surface area contributed by atoms with Gasteiger partial charge in [-0.25, -0.2) is 0 Å². The minimum Gasteiger partial charge on any atom is -0.488 e. The summed E-state index contributed by atoms with van der Waals surface area (Å²) in [5.41, 5.74) is 2.55. The maximum absolute atomic E-state index is 10.6. The van der Waals surface area contributed by atoms with Crippen LogP contribution < -0.4 is 4.74 Å². The zero-order chi connectivity index (χ0) is 24.4. The summed E-state index contributed by atoms with van der Waals surface area (Å²) in [4.78, 5) is 0. The number of halogens is 1. The van der Waals surface area contributed by atoms with Gasteiger partial charge in [-0.1, -0.05) is 49.7 Å². The largest absolute Gasteiger partial charge is 0.488 e. The van der Waals surface area contributed by atoms with Gasteiger partial charge in [-0.3, -0.25) is 0 Å². The van der Waals surface area contributed by atoms with E-state index in [1.165, 1.54) is 0 Å².